The maximum absolute atomic E-state index is 13.9. The molecule has 1 saturated carbocycles. The number of fused-ring (bicyclic) bond motifs is 2. The summed E-state index contributed by atoms with van der Waals surface area (Å²) < 4.78 is 20.3. The van der Waals surface area contributed by atoms with Gasteiger partial charge in [-0.25, -0.2) is 4.39 Å². The number of benzene rings is 2. The van der Waals surface area contributed by atoms with E-state index in [9.17, 15) is 14.4 Å². The summed E-state index contributed by atoms with van der Waals surface area (Å²) >= 11 is 0. The van der Waals surface area contributed by atoms with Gasteiger partial charge in [0.15, 0.2) is 5.83 Å². The summed E-state index contributed by atoms with van der Waals surface area (Å²) in [6.45, 7) is 15.8. The summed E-state index contributed by atoms with van der Waals surface area (Å²) in [6, 6.07) is 14.9. The van der Waals surface area contributed by atoms with E-state index in [4.69, 9.17) is 14.7 Å². The number of amides is 1. The summed E-state index contributed by atoms with van der Waals surface area (Å²) in [4.78, 5) is 31.0. The summed E-state index contributed by atoms with van der Waals surface area (Å²) in [5.41, 5.74) is 4.54. The lowest BCUT2D eigenvalue weighted by atomic mass is 9.99. The molecule has 1 aliphatic carbocycles. The number of hydrogen-bond donors (Lipinski definition) is 0. The number of aryl methyl sites for hydroxylation is 1. The number of carbonyl (C=O) groups is 1. The van der Waals surface area contributed by atoms with E-state index in [-0.39, 0.29) is 18.4 Å². The minimum Gasteiger partial charge on any atom is -0.463 e. The number of carbonyl (C=O) groups excluding carboxylic acids is 1. The molecule has 10 heteroatoms. The van der Waals surface area contributed by atoms with Gasteiger partial charge in [-0.2, -0.15) is 15.2 Å². The van der Waals surface area contributed by atoms with Gasteiger partial charge in [-0.1, -0.05) is 50.8 Å². The summed E-state index contributed by atoms with van der Waals surface area (Å²) in [7, 11) is 0. The van der Waals surface area contributed by atoms with E-state index in [2.05, 4.69) is 84.5 Å². The number of halogens is 1. The predicted octanol–water partition coefficient (Wildman–Crippen LogP) is 5.42. The third-order valence-corrected chi connectivity index (χ3v) is 9.97. The van der Waals surface area contributed by atoms with Crippen molar-refractivity contribution in [2.24, 2.45) is 5.41 Å². The Morgan fingerprint density at radius 2 is 1.89 bits per heavy atom. The number of piperazine rings is 1. The monoisotopic (exact) mass is 625 g/mol. The van der Waals surface area contributed by atoms with Crippen LogP contribution in [0, 0.1) is 23.7 Å². The molecule has 3 aliphatic rings. The zero-order valence-corrected chi connectivity index (χ0v) is 27.3. The van der Waals surface area contributed by atoms with Crippen LogP contribution in [0.4, 0.5) is 15.9 Å². The van der Waals surface area contributed by atoms with Gasteiger partial charge in [-0.15, -0.1) is 0 Å². The van der Waals surface area contributed by atoms with Crippen LogP contribution in [0.3, 0.4) is 0 Å². The van der Waals surface area contributed by atoms with Crippen LogP contribution in [0.15, 0.2) is 48.8 Å². The molecule has 0 N–H and O–H groups in total. The molecule has 46 heavy (non-hydrogen) atoms. The van der Waals surface area contributed by atoms with E-state index < -0.39 is 17.8 Å². The maximum Gasteiger partial charge on any atom is 0.318 e. The number of hydrogen-bond acceptors (Lipinski definition) is 8. The fourth-order valence-corrected chi connectivity index (χ4v) is 7.10. The van der Waals surface area contributed by atoms with Gasteiger partial charge in [0.2, 0.25) is 0 Å². The summed E-state index contributed by atoms with van der Waals surface area (Å²) in [6.07, 6.45) is 3.08. The Bertz CT molecular complexity index is 1660. The van der Waals surface area contributed by atoms with Crippen molar-refractivity contribution in [3.8, 4) is 12.1 Å². The molecule has 242 valence electrons. The van der Waals surface area contributed by atoms with Crippen LogP contribution in [0.1, 0.15) is 49.9 Å². The topological polar surface area (TPSA) is 88.8 Å². The molecular formula is C36H44FN7O2. The highest BCUT2D eigenvalue weighted by Gasteiger charge is 2.45. The first-order chi connectivity index (χ1) is 22.3. The second kappa shape index (κ2) is 13.2. The van der Waals surface area contributed by atoms with Gasteiger partial charge in [0, 0.05) is 54.8 Å². The van der Waals surface area contributed by atoms with Crippen molar-refractivity contribution in [3.63, 3.8) is 0 Å². The number of ether oxygens (including phenoxy) is 1. The molecule has 3 aromatic rings. The van der Waals surface area contributed by atoms with Crippen LogP contribution in [0.5, 0.6) is 6.01 Å². The summed E-state index contributed by atoms with van der Waals surface area (Å²) in [5, 5.41) is 12.0. The number of rotatable bonds is 11. The standard InChI is InChI=1S/C36H44FN7O2/c1-5-41(6-2)23-36(15-16-36)24-46-35-39-30-22-42(31-12-8-11-27-10-7-9-25(3)32(27)31)18-14-29(30)33(40-35)43-19-20-44(34(45)26(4)37)28(21-43)13-17-38/h7-12,28H,4-6,13-16,18-24H2,1-3H3. The molecule has 1 amide bonds. The van der Waals surface area contributed by atoms with E-state index in [1.807, 2.05) is 0 Å². The zero-order chi connectivity index (χ0) is 32.4. The van der Waals surface area contributed by atoms with Gasteiger partial charge >= 0.3 is 6.01 Å². The summed E-state index contributed by atoms with van der Waals surface area (Å²) in [5.74, 6) is -0.969. The van der Waals surface area contributed by atoms with Gasteiger partial charge in [-0.3, -0.25) is 4.79 Å². The molecule has 2 aromatic carbocycles. The largest absolute Gasteiger partial charge is 0.463 e. The molecule has 0 bridgehead atoms. The second-order valence-electron chi connectivity index (χ2n) is 13.0. The smallest absolute Gasteiger partial charge is 0.318 e. The average Bonchev–Trinajstić information content (AvgIpc) is 3.84. The van der Waals surface area contributed by atoms with Crippen LogP contribution < -0.4 is 14.5 Å². The molecule has 1 saturated heterocycles. The van der Waals surface area contributed by atoms with Crippen LogP contribution in [0.25, 0.3) is 10.8 Å². The third kappa shape index (κ3) is 6.38. The van der Waals surface area contributed by atoms with Crippen molar-refractivity contribution in [1.82, 2.24) is 19.8 Å². The fourth-order valence-electron chi connectivity index (χ4n) is 7.10. The quantitative estimate of drug-likeness (QED) is 0.261. The highest BCUT2D eigenvalue weighted by atomic mass is 19.1. The molecule has 0 radical (unpaired) electrons. The number of nitriles is 1. The van der Waals surface area contributed by atoms with Gasteiger partial charge in [0.05, 0.1) is 37.4 Å². The minimum absolute atomic E-state index is 0.0915. The Morgan fingerprint density at radius 1 is 1.13 bits per heavy atom. The van der Waals surface area contributed by atoms with Crippen molar-refractivity contribution in [2.75, 3.05) is 62.2 Å². The molecule has 1 aromatic heterocycles. The van der Waals surface area contributed by atoms with Gasteiger partial charge in [0.25, 0.3) is 5.91 Å². The number of aromatic nitrogens is 2. The fraction of sp³-hybridized carbons (Fsp3) is 0.500. The highest BCUT2D eigenvalue weighted by Crippen LogP contribution is 2.46. The number of nitrogens with zero attached hydrogens (tertiary/aromatic N) is 7. The van der Waals surface area contributed by atoms with E-state index in [1.165, 1.54) is 26.9 Å². The van der Waals surface area contributed by atoms with Gasteiger partial charge in [-0.05, 0) is 56.3 Å². The van der Waals surface area contributed by atoms with Crippen molar-refractivity contribution in [1.29, 1.82) is 5.26 Å². The molecule has 3 heterocycles. The molecule has 6 rings (SSSR count). The maximum atomic E-state index is 13.9. The van der Waals surface area contributed by atoms with E-state index in [1.54, 1.807) is 0 Å². The molecule has 1 atom stereocenters. The van der Waals surface area contributed by atoms with Crippen molar-refractivity contribution in [3.05, 3.63) is 65.6 Å². The Hall–Kier alpha value is -4.23. The molecule has 0 spiro atoms. The lowest BCUT2D eigenvalue weighted by Gasteiger charge is -2.42. The Labute approximate surface area is 271 Å². The van der Waals surface area contributed by atoms with Crippen molar-refractivity contribution >= 4 is 28.2 Å². The molecule has 1 unspecified atom stereocenters. The first-order valence-electron chi connectivity index (χ1n) is 16.5. The van der Waals surface area contributed by atoms with Crippen LogP contribution >= 0.6 is 0 Å². The Kier molecular flexibility index (Phi) is 9.14. The lowest BCUT2D eigenvalue weighted by molar-refractivity contribution is -0.131. The van der Waals surface area contributed by atoms with E-state index in [0.29, 0.717) is 32.3 Å². The predicted molar refractivity (Wildman–Crippen MR) is 179 cm³/mol. The first-order valence-corrected chi connectivity index (χ1v) is 16.5. The Balaban J connectivity index is 1.33. The normalized spacial score (nSPS) is 18.8. The van der Waals surface area contributed by atoms with Gasteiger partial charge in [0.1, 0.15) is 5.82 Å². The number of anilines is 2. The van der Waals surface area contributed by atoms with E-state index in [0.717, 1.165) is 62.5 Å². The van der Waals surface area contributed by atoms with Crippen LogP contribution in [-0.2, 0) is 17.8 Å². The zero-order valence-electron chi connectivity index (χ0n) is 27.3. The molecule has 9 nitrogen and oxygen atoms in total. The van der Waals surface area contributed by atoms with Crippen LogP contribution in [0.2, 0.25) is 0 Å². The first kappa shape index (κ1) is 31.7. The molecule has 2 aliphatic heterocycles. The average molecular weight is 626 g/mol. The second-order valence-corrected chi connectivity index (χ2v) is 13.0. The van der Waals surface area contributed by atoms with Crippen molar-refractivity contribution < 1.29 is 13.9 Å². The molecular weight excluding hydrogens is 581 g/mol. The van der Waals surface area contributed by atoms with Gasteiger partial charge < -0.3 is 24.3 Å². The third-order valence-electron chi connectivity index (χ3n) is 9.97. The van der Waals surface area contributed by atoms with Crippen LogP contribution in [-0.4, -0.2) is 84.1 Å². The SMILES string of the molecule is C=C(F)C(=O)N1CCN(c2nc(OCC3(CN(CC)CC)CC3)nc3c2CCN(c2cccc4cccc(C)c24)C3)CC1CC#N. The minimum atomic E-state index is -1.01. The van der Waals surface area contributed by atoms with E-state index >= 15 is 0 Å². The van der Waals surface area contributed by atoms with Crippen molar-refractivity contribution in [2.45, 2.75) is 59.0 Å². The molecule has 2 fully saturated rings. The lowest BCUT2D eigenvalue weighted by Crippen LogP contribution is -2.55. The Morgan fingerprint density at radius 3 is 2.59 bits per heavy atom. The highest BCUT2D eigenvalue weighted by molar-refractivity contribution is 5.97.